The summed E-state index contributed by atoms with van der Waals surface area (Å²) in [4.78, 5) is 28.5. The Hall–Kier alpha value is -3.07. The summed E-state index contributed by atoms with van der Waals surface area (Å²) in [6.45, 7) is 8.78. The van der Waals surface area contributed by atoms with Crippen LogP contribution in [0, 0.1) is 13.8 Å². The number of halogens is 2. The Morgan fingerprint density at radius 3 is 2.05 bits per heavy atom. The highest BCUT2D eigenvalue weighted by atomic mass is 35.5. The molecule has 0 fully saturated rings. The van der Waals surface area contributed by atoms with Gasteiger partial charge in [0, 0.05) is 17.6 Å². The van der Waals surface area contributed by atoms with Crippen LogP contribution in [0.1, 0.15) is 43.9 Å². The van der Waals surface area contributed by atoms with Gasteiger partial charge in [0.2, 0.25) is 11.8 Å². The van der Waals surface area contributed by atoms with E-state index in [0.717, 1.165) is 27.4 Å². The van der Waals surface area contributed by atoms with Crippen molar-refractivity contribution in [2.24, 2.45) is 0 Å². The zero-order valence-corrected chi connectivity index (χ0v) is 25.6. The first-order valence-corrected chi connectivity index (χ1v) is 15.2. The monoisotopic (exact) mass is 603 g/mol. The quantitative estimate of drug-likeness (QED) is 0.285. The topological polar surface area (TPSA) is 86.8 Å². The molecule has 0 aromatic heterocycles. The van der Waals surface area contributed by atoms with Crippen LogP contribution in [0.4, 0.5) is 5.69 Å². The van der Waals surface area contributed by atoms with Gasteiger partial charge in [0.1, 0.15) is 12.6 Å². The first-order valence-electron chi connectivity index (χ1n) is 13.0. The van der Waals surface area contributed by atoms with Gasteiger partial charge in [0.15, 0.2) is 0 Å². The average Bonchev–Trinajstić information content (AvgIpc) is 2.92. The van der Waals surface area contributed by atoms with Gasteiger partial charge >= 0.3 is 0 Å². The molecule has 0 aliphatic carbocycles. The molecule has 0 unspecified atom stereocenters. The van der Waals surface area contributed by atoms with E-state index < -0.39 is 28.5 Å². The van der Waals surface area contributed by atoms with E-state index >= 15 is 0 Å². The highest BCUT2D eigenvalue weighted by Crippen LogP contribution is 2.33. The van der Waals surface area contributed by atoms with Crippen molar-refractivity contribution in [1.29, 1.82) is 0 Å². The van der Waals surface area contributed by atoms with Crippen molar-refractivity contribution >= 4 is 50.7 Å². The van der Waals surface area contributed by atoms with E-state index in [4.69, 9.17) is 23.2 Å². The normalized spacial score (nSPS) is 12.9. The number of carbonyl (C=O) groups is 2. The minimum atomic E-state index is -4.24. The van der Waals surface area contributed by atoms with E-state index in [1.54, 1.807) is 19.1 Å². The van der Waals surface area contributed by atoms with Crippen LogP contribution in [0.15, 0.2) is 71.6 Å². The lowest BCUT2D eigenvalue weighted by atomic mass is 10.1. The Kier molecular flexibility index (Phi) is 10.6. The molecule has 2 atom stereocenters. The fourth-order valence-electron chi connectivity index (χ4n) is 3.97. The number of benzene rings is 3. The van der Waals surface area contributed by atoms with E-state index in [1.165, 1.54) is 35.2 Å². The predicted molar refractivity (Wildman–Crippen MR) is 161 cm³/mol. The minimum Gasteiger partial charge on any atom is -0.352 e. The third-order valence-corrected chi connectivity index (χ3v) is 9.04. The number of carbonyl (C=O) groups excluding carboxylic acids is 2. The van der Waals surface area contributed by atoms with Crippen LogP contribution in [0.3, 0.4) is 0 Å². The van der Waals surface area contributed by atoms with Crippen LogP contribution in [-0.4, -0.2) is 43.8 Å². The maximum atomic E-state index is 14.0. The number of rotatable bonds is 11. The minimum absolute atomic E-state index is 0.00501. The number of hydrogen-bond acceptors (Lipinski definition) is 4. The van der Waals surface area contributed by atoms with Crippen LogP contribution < -0.4 is 9.62 Å². The molecule has 3 aromatic rings. The number of aryl methyl sites for hydroxylation is 2. The fourth-order valence-corrected chi connectivity index (χ4v) is 5.83. The fraction of sp³-hybridized carbons (Fsp3) is 0.333. The molecule has 7 nitrogen and oxygen atoms in total. The van der Waals surface area contributed by atoms with Crippen molar-refractivity contribution < 1.29 is 18.0 Å². The Morgan fingerprint density at radius 2 is 1.48 bits per heavy atom. The molecule has 0 spiro atoms. The molecular weight excluding hydrogens is 569 g/mol. The van der Waals surface area contributed by atoms with Crippen molar-refractivity contribution in [2.45, 2.75) is 64.6 Å². The molecule has 2 amide bonds. The third-order valence-electron chi connectivity index (χ3n) is 6.71. The lowest BCUT2D eigenvalue weighted by Crippen LogP contribution is -2.52. The molecule has 0 saturated carbocycles. The number of hydrogen-bond donors (Lipinski definition) is 1. The summed E-state index contributed by atoms with van der Waals surface area (Å²) in [6, 6.07) is 17.4. The third kappa shape index (κ3) is 7.77. The Morgan fingerprint density at radius 1 is 0.900 bits per heavy atom. The van der Waals surface area contributed by atoms with E-state index in [-0.39, 0.29) is 39.1 Å². The largest absolute Gasteiger partial charge is 0.352 e. The molecule has 3 aromatic carbocycles. The summed E-state index contributed by atoms with van der Waals surface area (Å²) in [5, 5.41) is 3.29. The highest BCUT2D eigenvalue weighted by molar-refractivity contribution is 7.92. The Bertz CT molecular complexity index is 1440. The molecule has 0 aliphatic rings. The van der Waals surface area contributed by atoms with Gasteiger partial charge in [0.05, 0.1) is 15.6 Å². The second-order valence-electron chi connectivity index (χ2n) is 9.92. The molecule has 3 rings (SSSR count). The molecular formula is C30H35Cl2N3O4S. The van der Waals surface area contributed by atoms with Gasteiger partial charge in [-0.3, -0.25) is 13.9 Å². The van der Waals surface area contributed by atoms with Gasteiger partial charge in [-0.05, 0) is 70.0 Å². The van der Waals surface area contributed by atoms with Gasteiger partial charge < -0.3 is 10.2 Å². The van der Waals surface area contributed by atoms with E-state index in [1.807, 2.05) is 52.0 Å². The smallest absolute Gasteiger partial charge is 0.264 e. The van der Waals surface area contributed by atoms with Gasteiger partial charge in [0.25, 0.3) is 10.0 Å². The molecule has 0 radical (unpaired) electrons. The van der Waals surface area contributed by atoms with Crippen molar-refractivity contribution in [3.8, 4) is 0 Å². The second-order valence-corrected chi connectivity index (χ2v) is 12.6. The first kappa shape index (κ1) is 31.5. The zero-order chi connectivity index (χ0) is 29.6. The summed E-state index contributed by atoms with van der Waals surface area (Å²) in [7, 11) is -4.24. The standard InChI is InChI=1S/C30H35Cl2N3O4S/c1-6-22(4)33-30(37)23(5)34(18-24-11-7-20(2)8-12-24)29(36)19-35(28-17-25(31)13-16-27(28)32)40(38,39)26-14-9-21(3)10-15-26/h7-17,22-23H,6,18-19H2,1-5H3,(H,33,37)/t22-,23-/m1/s1. The van der Waals surface area contributed by atoms with Crippen LogP contribution in [0.5, 0.6) is 0 Å². The van der Waals surface area contributed by atoms with E-state index in [2.05, 4.69) is 5.32 Å². The van der Waals surface area contributed by atoms with E-state index in [9.17, 15) is 18.0 Å². The highest BCUT2D eigenvalue weighted by Gasteiger charge is 2.33. The molecule has 0 heterocycles. The predicted octanol–water partition coefficient (Wildman–Crippen LogP) is 6.14. The lowest BCUT2D eigenvalue weighted by molar-refractivity contribution is -0.139. The van der Waals surface area contributed by atoms with Crippen LogP contribution in [0.25, 0.3) is 0 Å². The van der Waals surface area contributed by atoms with Crippen molar-refractivity contribution in [1.82, 2.24) is 10.2 Å². The zero-order valence-electron chi connectivity index (χ0n) is 23.3. The lowest BCUT2D eigenvalue weighted by Gasteiger charge is -2.32. The van der Waals surface area contributed by atoms with Crippen LogP contribution >= 0.6 is 23.2 Å². The summed E-state index contributed by atoms with van der Waals surface area (Å²) in [6.07, 6.45) is 0.722. The summed E-state index contributed by atoms with van der Waals surface area (Å²) in [5.41, 5.74) is 2.80. The maximum absolute atomic E-state index is 14.0. The SMILES string of the molecule is CC[C@@H](C)NC(=O)[C@@H](C)N(Cc1ccc(C)cc1)C(=O)CN(c1cc(Cl)ccc1Cl)S(=O)(=O)c1ccc(C)cc1. The second kappa shape index (κ2) is 13.5. The molecule has 0 saturated heterocycles. The van der Waals surface area contributed by atoms with Crippen molar-refractivity contribution in [3.63, 3.8) is 0 Å². The van der Waals surface area contributed by atoms with Gasteiger partial charge in [-0.2, -0.15) is 0 Å². The van der Waals surface area contributed by atoms with Gasteiger partial charge in [-0.25, -0.2) is 8.42 Å². The van der Waals surface area contributed by atoms with Crippen molar-refractivity contribution in [3.05, 3.63) is 93.5 Å². The van der Waals surface area contributed by atoms with Gasteiger partial charge in [-0.15, -0.1) is 0 Å². The van der Waals surface area contributed by atoms with Crippen LogP contribution in [-0.2, 0) is 26.2 Å². The number of sulfonamides is 1. The number of nitrogens with one attached hydrogen (secondary N) is 1. The maximum Gasteiger partial charge on any atom is 0.264 e. The summed E-state index contributed by atoms with van der Waals surface area (Å²) >= 11 is 12.7. The Labute approximate surface area is 247 Å². The molecule has 0 aliphatic heterocycles. The number of amides is 2. The molecule has 0 bridgehead atoms. The summed E-state index contributed by atoms with van der Waals surface area (Å²) < 4.78 is 28.8. The molecule has 214 valence electrons. The summed E-state index contributed by atoms with van der Waals surface area (Å²) in [5.74, 6) is -0.900. The number of nitrogens with zero attached hydrogens (tertiary/aromatic N) is 2. The number of anilines is 1. The van der Waals surface area contributed by atoms with Crippen LogP contribution in [0.2, 0.25) is 10.0 Å². The Balaban J connectivity index is 2.06. The first-order chi connectivity index (χ1) is 18.8. The molecule has 10 heteroatoms. The van der Waals surface area contributed by atoms with Gasteiger partial charge in [-0.1, -0.05) is 77.7 Å². The van der Waals surface area contributed by atoms with Crippen molar-refractivity contribution in [2.75, 3.05) is 10.8 Å². The molecule has 40 heavy (non-hydrogen) atoms. The average molecular weight is 605 g/mol. The van der Waals surface area contributed by atoms with E-state index in [0.29, 0.717) is 0 Å². The molecule has 1 N–H and O–H groups in total.